The number of benzene rings is 2. The number of hydrogen-bond donors (Lipinski definition) is 0. The summed E-state index contributed by atoms with van der Waals surface area (Å²) in [5.41, 5.74) is 1.48. The van der Waals surface area contributed by atoms with Gasteiger partial charge in [-0.05, 0) is 60.7 Å². The number of hydrogen-bond acceptors (Lipinski definition) is 4. The van der Waals surface area contributed by atoms with Crippen LogP contribution in [0.1, 0.15) is 11.5 Å². The standard InChI is InChI=1S/C28H24N2O4/c31-27(17-15-25-13-7-21-33-25)29(23-9-3-1-4-10-23)19-20-30(24-11-5-2-6-12-24)28(32)18-16-26-14-8-22-34-26/h1-18,21-22H,19-20H2. The molecule has 2 amide bonds. The lowest BCUT2D eigenvalue weighted by Crippen LogP contribution is -2.40. The van der Waals surface area contributed by atoms with Gasteiger partial charge in [0.05, 0.1) is 12.5 Å². The minimum Gasteiger partial charge on any atom is -0.465 e. The van der Waals surface area contributed by atoms with Gasteiger partial charge in [0.15, 0.2) is 0 Å². The first-order valence-corrected chi connectivity index (χ1v) is 10.9. The van der Waals surface area contributed by atoms with Crippen LogP contribution in [0.15, 0.2) is 118 Å². The van der Waals surface area contributed by atoms with Gasteiger partial charge in [-0.3, -0.25) is 9.59 Å². The Hall–Kier alpha value is -4.58. The molecule has 0 aliphatic rings. The summed E-state index contributed by atoms with van der Waals surface area (Å²) in [6.45, 7) is 0.584. The van der Waals surface area contributed by atoms with Crippen LogP contribution in [0.5, 0.6) is 0 Å². The van der Waals surface area contributed by atoms with E-state index in [0.29, 0.717) is 24.6 Å². The zero-order valence-corrected chi connectivity index (χ0v) is 18.5. The molecule has 6 heteroatoms. The van der Waals surface area contributed by atoms with Crippen LogP contribution in [-0.2, 0) is 9.59 Å². The van der Waals surface area contributed by atoms with Gasteiger partial charge in [-0.1, -0.05) is 36.4 Å². The molecule has 0 aliphatic carbocycles. The smallest absolute Gasteiger partial charge is 0.251 e. The van der Waals surface area contributed by atoms with E-state index in [2.05, 4.69) is 0 Å². The Labute approximate surface area is 198 Å². The van der Waals surface area contributed by atoms with Gasteiger partial charge in [0.1, 0.15) is 11.5 Å². The Morgan fingerprint density at radius 1 is 0.588 bits per heavy atom. The third-order valence-electron chi connectivity index (χ3n) is 5.08. The number of nitrogens with zero attached hydrogens (tertiary/aromatic N) is 2. The number of rotatable bonds is 9. The average molecular weight is 453 g/mol. The molecule has 0 aliphatic heterocycles. The Morgan fingerprint density at radius 3 is 1.35 bits per heavy atom. The molecule has 34 heavy (non-hydrogen) atoms. The van der Waals surface area contributed by atoms with E-state index in [9.17, 15) is 9.59 Å². The monoisotopic (exact) mass is 452 g/mol. The van der Waals surface area contributed by atoms with Crippen molar-refractivity contribution in [2.75, 3.05) is 22.9 Å². The van der Waals surface area contributed by atoms with E-state index < -0.39 is 0 Å². The average Bonchev–Trinajstić information content (AvgIpc) is 3.59. The first-order valence-electron chi connectivity index (χ1n) is 10.9. The third-order valence-corrected chi connectivity index (χ3v) is 5.08. The van der Waals surface area contributed by atoms with E-state index in [-0.39, 0.29) is 11.8 Å². The van der Waals surface area contributed by atoms with Crippen LogP contribution in [0.3, 0.4) is 0 Å². The van der Waals surface area contributed by atoms with Crippen molar-refractivity contribution in [1.82, 2.24) is 0 Å². The topological polar surface area (TPSA) is 66.9 Å². The van der Waals surface area contributed by atoms with Crippen LogP contribution in [0, 0.1) is 0 Å². The van der Waals surface area contributed by atoms with Crippen LogP contribution in [0.25, 0.3) is 12.2 Å². The molecule has 2 aromatic heterocycles. The second kappa shape index (κ2) is 11.3. The molecule has 4 rings (SSSR count). The minimum absolute atomic E-state index is 0.214. The number of carbonyl (C=O) groups is 2. The SMILES string of the molecule is O=C(C=Cc1ccco1)N(CCN(C(=O)C=Cc1ccco1)c1ccccc1)c1ccccc1. The van der Waals surface area contributed by atoms with E-state index in [1.54, 1.807) is 58.7 Å². The fourth-order valence-corrected chi connectivity index (χ4v) is 3.41. The van der Waals surface area contributed by atoms with E-state index in [1.165, 1.54) is 12.2 Å². The van der Waals surface area contributed by atoms with Gasteiger partial charge in [-0.2, -0.15) is 0 Å². The minimum atomic E-state index is -0.214. The molecular weight excluding hydrogens is 428 g/mol. The normalized spacial score (nSPS) is 11.2. The second-order valence-electron chi connectivity index (χ2n) is 7.35. The van der Waals surface area contributed by atoms with Crippen LogP contribution < -0.4 is 9.80 Å². The van der Waals surface area contributed by atoms with Gasteiger partial charge >= 0.3 is 0 Å². The molecule has 0 saturated carbocycles. The van der Waals surface area contributed by atoms with E-state index in [1.807, 2.05) is 60.7 Å². The van der Waals surface area contributed by atoms with Crippen molar-refractivity contribution in [3.05, 3.63) is 121 Å². The zero-order valence-electron chi connectivity index (χ0n) is 18.5. The highest BCUT2D eigenvalue weighted by atomic mass is 16.3. The Morgan fingerprint density at radius 2 is 1.00 bits per heavy atom. The molecule has 0 unspecified atom stereocenters. The summed E-state index contributed by atoms with van der Waals surface area (Å²) >= 11 is 0. The van der Waals surface area contributed by atoms with Crippen molar-refractivity contribution in [2.45, 2.75) is 0 Å². The lowest BCUT2D eigenvalue weighted by Gasteiger charge is -2.27. The maximum atomic E-state index is 13.1. The van der Waals surface area contributed by atoms with Crippen LogP contribution in [0.2, 0.25) is 0 Å². The number of amides is 2. The van der Waals surface area contributed by atoms with Crippen molar-refractivity contribution in [3.8, 4) is 0 Å². The predicted octanol–water partition coefficient (Wildman–Crippen LogP) is 5.67. The van der Waals surface area contributed by atoms with Crippen LogP contribution in [-0.4, -0.2) is 24.9 Å². The Kier molecular flexibility index (Phi) is 7.54. The van der Waals surface area contributed by atoms with E-state index in [0.717, 1.165) is 11.4 Å². The van der Waals surface area contributed by atoms with Gasteiger partial charge in [0.2, 0.25) is 0 Å². The fourth-order valence-electron chi connectivity index (χ4n) is 3.41. The molecule has 0 bridgehead atoms. The third kappa shape index (κ3) is 6.01. The van der Waals surface area contributed by atoms with Gasteiger partial charge in [-0.15, -0.1) is 0 Å². The molecule has 0 spiro atoms. The summed E-state index contributed by atoms with van der Waals surface area (Å²) in [7, 11) is 0. The number of carbonyl (C=O) groups excluding carboxylic acids is 2. The summed E-state index contributed by atoms with van der Waals surface area (Å²) in [5.74, 6) is 0.749. The van der Waals surface area contributed by atoms with Crippen LogP contribution >= 0.6 is 0 Å². The summed E-state index contributed by atoms with van der Waals surface area (Å²) in [5, 5.41) is 0. The molecular formula is C28H24N2O4. The van der Waals surface area contributed by atoms with E-state index in [4.69, 9.17) is 8.83 Å². The van der Waals surface area contributed by atoms with E-state index >= 15 is 0 Å². The Balaban J connectivity index is 1.55. The van der Waals surface area contributed by atoms with Gasteiger partial charge < -0.3 is 18.6 Å². The highest BCUT2D eigenvalue weighted by molar-refractivity contribution is 6.05. The maximum absolute atomic E-state index is 13.1. The maximum Gasteiger partial charge on any atom is 0.251 e. The van der Waals surface area contributed by atoms with Crippen molar-refractivity contribution < 1.29 is 18.4 Å². The molecule has 0 fully saturated rings. The number of furan rings is 2. The quantitative estimate of drug-likeness (QED) is 0.307. The largest absolute Gasteiger partial charge is 0.465 e. The molecule has 0 N–H and O–H groups in total. The Bertz CT molecular complexity index is 1130. The molecule has 170 valence electrons. The summed E-state index contributed by atoms with van der Waals surface area (Å²) in [4.78, 5) is 29.5. The van der Waals surface area contributed by atoms with Gasteiger partial charge in [0.25, 0.3) is 11.8 Å². The second-order valence-corrected chi connectivity index (χ2v) is 7.35. The van der Waals surface area contributed by atoms with Gasteiger partial charge in [0, 0.05) is 36.6 Å². The molecule has 2 heterocycles. The number of para-hydroxylation sites is 2. The zero-order chi connectivity index (χ0) is 23.6. The summed E-state index contributed by atoms with van der Waals surface area (Å²) < 4.78 is 10.6. The van der Waals surface area contributed by atoms with Crippen LogP contribution in [0.4, 0.5) is 11.4 Å². The summed E-state index contributed by atoms with van der Waals surface area (Å²) in [6, 6.07) is 25.8. The summed E-state index contributed by atoms with van der Waals surface area (Å²) in [6.07, 6.45) is 9.31. The highest BCUT2D eigenvalue weighted by Crippen LogP contribution is 2.18. The highest BCUT2D eigenvalue weighted by Gasteiger charge is 2.18. The molecule has 0 atom stereocenters. The first kappa shape index (κ1) is 22.6. The van der Waals surface area contributed by atoms with Crippen molar-refractivity contribution in [3.63, 3.8) is 0 Å². The molecule has 6 nitrogen and oxygen atoms in total. The van der Waals surface area contributed by atoms with Crippen molar-refractivity contribution in [1.29, 1.82) is 0 Å². The van der Waals surface area contributed by atoms with Crippen molar-refractivity contribution >= 4 is 35.3 Å². The molecule has 0 saturated heterocycles. The molecule has 4 aromatic rings. The van der Waals surface area contributed by atoms with Gasteiger partial charge in [-0.25, -0.2) is 0 Å². The fraction of sp³-hybridized carbons (Fsp3) is 0.0714. The number of anilines is 2. The lowest BCUT2D eigenvalue weighted by atomic mass is 10.2. The predicted molar refractivity (Wildman–Crippen MR) is 133 cm³/mol. The lowest BCUT2D eigenvalue weighted by molar-refractivity contribution is -0.115. The van der Waals surface area contributed by atoms with Crippen molar-refractivity contribution in [2.24, 2.45) is 0 Å². The molecule has 2 aromatic carbocycles. The first-order chi connectivity index (χ1) is 16.7. The molecule has 0 radical (unpaired) electrons.